The second-order valence-electron chi connectivity index (χ2n) is 7.99. The summed E-state index contributed by atoms with van der Waals surface area (Å²) in [7, 11) is -0.359. The van der Waals surface area contributed by atoms with Gasteiger partial charge in [-0.3, -0.25) is 0 Å². The Morgan fingerprint density at radius 1 is 0.923 bits per heavy atom. The zero-order chi connectivity index (χ0) is 19.1. The minimum atomic E-state index is -0.359. The number of hydrogen-bond donors (Lipinski definition) is 0. The molecule has 26 heavy (non-hydrogen) atoms. The van der Waals surface area contributed by atoms with E-state index in [2.05, 4.69) is 53.7 Å². The highest BCUT2D eigenvalue weighted by atomic mass is 35.5. The predicted molar refractivity (Wildman–Crippen MR) is 107 cm³/mol. The quantitative estimate of drug-likeness (QED) is 0.719. The summed E-state index contributed by atoms with van der Waals surface area (Å²) < 4.78 is 18.4. The first-order valence-corrected chi connectivity index (χ1v) is 9.31. The van der Waals surface area contributed by atoms with E-state index in [1.807, 2.05) is 24.3 Å². The Kier molecular flexibility index (Phi) is 5.13. The van der Waals surface area contributed by atoms with Crippen LogP contribution < -0.4 is 10.2 Å². The highest BCUT2D eigenvalue weighted by Gasteiger charge is 2.51. The summed E-state index contributed by atoms with van der Waals surface area (Å²) in [5.74, 6) is 0.903. The van der Waals surface area contributed by atoms with Crippen LogP contribution in [0.4, 0.5) is 0 Å². The zero-order valence-corrected chi connectivity index (χ0v) is 17.1. The molecule has 0 atom stereocenters. The van der Waals surface area contributed by atoms with Crippen molar-refractivity contribution in [2.45, 2.75) is 59.4 Å². The molecular weight excluding hydrogens is 346 g/mol. The molecule has 0 bridgehead atoms. The summed E-state index contributed by atoms with van der Waals surface area (Å²) in [5.41, 5.74) is 3.57. The van der Waals surface area contributed by atoms with Gasteiger partial charge in [-0.1, -0.05) is 35.9 Å². The molecular formula is C21H26BClO3. The Morgan fingerprint density at radius 3 is 1.92 bits per heavy atom. The molecule has 2 aromatic rings. The molecule has 0 radical (unpaired) electrons. The van der Waals surface area contributed by atoms with Crippen LogP contribution in [0.1, 0.15) is 44.4 Å². The van der Waals surface area contributed by atoms with E-state index in [1.54, 1.807) is 0 Å². The first-order valence-electron chi connectivity index (χ1n) is 8.93. The second kappa shape index (κ2) is 6.92. The van der Waals surface area contributed by atoms with Crippen molar-refractivity contribution in [3.63, 3.8) is 0 Å². The largest absolute Gasteiger partial charge is 0.494 e. The van der Waals surface area contributed by atoms with Crippen LogP contribution in [-0.4, -0.2) is 18.3 Å². The molecule has 2 aromatic carbocycles. The molecule has 3 nitrogen and oxygen atoms in total. The highest BCUT2D eigenvalue weighted by molar-refractivity contribution is 6.62. The van der Waals surface area contributed by atoms with Gasteiger partial charge in [0.1, 0.15) is 12.4 Å². The van der Waals surface area contributed by atoms with Crippen molar-refractivity contribution in [1.82, 2.24) is 0 Å². The molecule has 138 valence electrons. The highest BCUT2D eigenvalue weighted by Crippen LogP contribution is 2.37. The lowest BCUT2D eigenvalue weighted by Crippen LogP contribution is -2.41. The topological polar surface area (TPSA) is 27.7 Å². The van der Waals surface area contributed by atoms with Gasteiger partial charge < -0.3 is 14.0 Å². The van der Waals surface area contributed by atoms with Crippen molar-refractivity contribution in [1.29, 1.82) is 0 Å². The van der Waals surface area contributed by atoms with Gasteiger partial charge in [0.2, 0.25) is 0 Å². The zero-order valence-electron chi connectivity index (χ0n) is 16.4. The number of halogens is 1. The van der Waals surface area contributed by atoms with E-state index in [1.165, 1.54) is 0 Å². The van der Waals surface area contributed by atoms with Crippen molar-refractivity contribution in [2.24, 2.45) is 0 Å². The van der Waals surface area contributed by atoms with Gasteiger partial charge in [0.15, 0.2) is 0 Å². The van der Waals surface area contributed by atoms with E-state index >= 15 is 0 Å². The molecule has 0 amide bonds. The number of hydrogen-bond acceptors (Lipinski definition) is 3. The maximum absolute atomic E-state index is 6.16. The molecule has 0 N–H and O–H groups in total. The molecule has 0 aliphatic carbocycles. The summed E-state index contributed by atoms with van der Waals surface area (Å²) in [5, 5.41) is 0.730. The molecule has 1 saturated heterocycles. The van der Waals surface area contributed by atoms with E-state index in [0.717, 1.165) is 32.9 Å². The van der Waals surface area contributed by atoms with Crippen molar-refractivity contribution in [2.75, 3.05) is 0 Å². The van der Waals surface area contributed by atoms with Crippen LogP contribution in [-0.2, 0) is 15.9 Å². The fourth-order valence-electron chi connectivity index (χ4n) is 3.06. The van der Waals surface area contributed by atoms with Gasteiger partial charge in [-0.25, -0.2) is 0 Å². The van der Waals surface area contributed by atoms with E-state index in [9.17, 15) is 0 Å². The fraction of sp³-hybridized carbons (Fsp3) is 0.429. The molecule has 0 spiro atoms. The Hall–Kier alpha value is -1.49. The summed E-state index contributed by atoms with van der Waals surface area (Å²) in [4.78, 5) is 0. The van der Waals surface area contributed by atoms with Gasteiger partial charge in [0.05, 0.1) is 11.2 Å². The monoisotopic (exact) mass is 372 g/mol. The molecule has 1 fully saturated rings. The van der Waals surface area contributed by atoms with Gasteiger partial charge in [-0.15, -0.1) is 0 Å². The second-order valence-corrected chi connectivity index (χ2v) is 8.42. The van der Waals surface area contributed by atoms with Gasteiger partial charge in [0, 0.05) is 5.02 Å². The SMILES string of the molecule is Cc1cc(B2OC(C)(C)C(C)(C)O2)cc(C)c1OCc1ccc(Cl)cc1. The van der Waals surface area contributed by atoms with Gasteiger partial charge in [0.25, 0.3) is 0 Å². The van der Waals surface area contributed by atoms with Crippen LogP contribution >= 0.6 is 11.6 Å². The minimum Gasteiger partial charge on any atom is -0.488 e. The van der Waals surface area contributed by atoms with E-state index in [4.69, 9.17) is 25.6 Å². The number of benzene rings is 2. The average Bonchev–Trinajstić information content (AvgIpc) is 2.76. The first-order chi connectivity index (χ1) is 12.1. The molecule has 0 unspecified atom stereocenters. The standard InChI is InChI=1S/C21H26BClO3/c1-14-11-17(22-25-20(3,4)21(5,6)26-22)12-15(2)19(14)24-13-16-7-9-18(23)10-8-16/h7-12H,13H2,1-6H3. The Morgan fingerprint density at radius 2 is 1.42 bits per heavy atom. The Labute approximate surface area is 161 Å². The van der Waals surface area contributed by atoms with Crippen LogP contribution in [0.5, 0.6) is 5.75 Å². The van der Waals surface area contributed by atoms with Gasteiger partial charge in [-0.2, -0.15) is 0 Å². The molecule has 1 aliphatic rings. The summed E-state index contributed by atoms with van der Waals surface area (Å²) in [6.07, 6.45) is 0. The van der Waals surface area contributed by atoms with E-state index < -0.39 is 0 Å². The van der Waals surface area contributed by atoms with Crippen molar-refractivity contribution in [3.05, 3.63) is 58.1 Å². The third-order valence-corrected chi connectivity index (χ3v) is 5.56. The third-order valence-electron chi connectivity index (χ3n) is 5.30. The van der Waals surface area contributed by atoms with Gasteiger partial charge >= 0.3 is 7.12 Å². The molecule has 0 saturated carbocycles. The summed E-state index contributed by atoms with van der Waals surface area (Å²) in [6.45, 7) is 12.9. The lowest BCUT2D eigenvalue weighted by Gasteiger charge is -2.32. The normalized spacial score (nSPS) is 18.2. The molecule has 0 aromatic heterocycles. The van der Waals surface area contributed by atoms with Crippen LogP contribution in [0.15, 0.2) is 36.4 Å². The van der Waals surface area contributed by atoms with Crippen molar-refractivity contribution in [3.8, 4) is 5.75 Å². The smallest absolute Gasteiger partial charge is 0.488 e. The number of aryl methyl sites for hydroxylation is 2. The van der Waals surface area contributed by atoms with Gasteiger partial charge in [-0.05, 0) is 75.8 Å². The van der Waals surface area contributed by atoms with Crippen LogP contribution in [0, 0.1) is 13.8 Å². The Bertz CT molecular complexity index is 760. The predicted octanol–water partition coefficient (Wildman–Crippen LogP) is 4.84. The lowest BCUT2D eigenvalue weighted by atomic mass is 9.77. The first kappa shape index (κ1) is 19.3. The van der Waals surface area contributed by atoms with Crippen molar-refractivity contribution >= 4 is 24.2 Å². The van der Waals surface area contributed by atoms with Crippen molar-refractivity contribution < 1.29 is 14.0 Å². The fourth-order valence-corrected chi connectivity index (χ4v) is 3.19. The van der Waals surface area contributed by atoms with E-state index in [-0.39, 0.29) is 18.3 Å². The summed E-state index contributed by atoms with van der Waals surface area (Å²) in [6, 6.07) is 11.9. The minimum absolute atomic E-state index is 0.344. The van der Waals surface area contributed by atoms with Crippen LogP contribution in [0.3, 0.4) is 0 Å². The molecule has 1 aliphatic heterocycles. The van der Waals surface area contributed by atoms with Crippen LogP contribution in [0.25, 0.3) is 0 Å². The maximum Gasteiger partial charge on any atom is 0.494 e. The summed E-state index contributed by atoms with van der Waals surface area (Å²) >= 11 is 5.93. The molecule has 5 heteroatoms. The maximum atomic E-state index is 6.16. The number of rotatable bonds is 4. The Balaban J connectivity index is 1.77. The molecule has 3 rings (SSSR count). The lowest BCUT2D eigenvalue weighted by molar-refractivity contribution is 0.00578. The van der Waals surface area contributed by atoms with E-state index in [0.29, 0.717) is 6.61 Å². The van der Waals surface area contributed by atoms with Crippen LogP contribution in [0.2, 0.25) is 5.02 Å². The average molecular weight is 373 g/mol. The molecule has 1 heterocycles. The number of ether oxygens (including phenoxy) is 1. The third kappa shape index (κ3) is 3.78.